The molecule has 0 unspecified atom stereocenters. The van der Waals surface area contributed by atoms with Crippen LogP contribution in [0.2, 0.25) is 0 Å². The Morgan fingerprint density at radius 3 is 2.50 bits per heavy atom. The highest BCUT2D eigenvalue weighted by atomic mass is 19.1. The van der Waals surface area contributed by atoms with Crippen molar-refractivity contribution in [3.05, 3.63) is 101 Å². The highest BCUT2D eigenvalue weighted by Gasteiger charge is 2.08. The Morgan fingerprint density at radius 1 is 0.929 bits per heavy atom. The van der Waals surface area contributed by atoms with Crippen molar-refractivity contribution in [2.75, 3.05) is 5.32 Å². The van der Waals surface area contributed by atoms with E-state index in [1.165, 1.54) is 18.2 Å². The van der Waals surface area contributed by atoms with E-state index >= 15 is 0 Å². The third-order valence-corrected chi connectivity index (χ3v) is 4.37. The quantitative estimate of drug-likeness (QED) is 0.676. The first kappa shape index (κ1) is 19.3. The second-order valence-electron chi connectivity index (χ2n) is 6.54. The lowest BCUT2D eigenvalue weighted by Crippen LogP contribution is -2.24. The number of anilines is 1. The maximum atomic E-state index is 13.3. The maximum Gasteiger partial charge on any atom is 0.255 e. The molecule has 3 aromatic carbocycles. The molecule has 0 saturated carbocycles. The Kier molecular flexibility index (Phi) is 6.17. The molecule has 5 heteroatoms. The normalized spacial score (nSPS) is 10.4. The first-order valence-corrected chi connectivity index (χ1v) is 8.98. The monoisotopic (exact) mass is 376 g/mol. The van der Waals surface area contributed by atoms with Crippen LogP contribution in [0, 0.1) is 12.7 Å². The lowest BCUT2D eigenvalue weighted by molar-refractivity contribution is -0.120. The number of aryl methyl sites for hydroxylation is 1. The summed E-state index contributed by atoms with van der Waals surface area (Å²) in [6, 6.07) is 20.5. The molecule has 3 rings (SSSR count). The Hall–Kier alpha value is -3.47. The number of hydrogen-bond acceptors (Lipinski definition) is 2. The number of rotatable bonds is 6. The largest absolute Gasteiger partial charge is 0.352 e. The lowest BCUT2D eigenvalue weighted by atomic mass is 10.1. The topological polar surface area (TPSA) is 58.2 Å². The third kappa shape index (κ3) is 5.27. The molecule has 28 heavy (non-hydrogen) atoms. The number of carbonyl (C=O) groups is 2. The third-order valence-electron chi connectivity index (χ3n) is 4.37. The van der Waals surface area contributed by atoms with E-state index in [4.69, 9.17) is 0 Å². The maximum absolute atomic E-state index is 13.3. The van der Waals surface area contributed by atoms with Crippen LogP contribution in [0.5, 0.6) is 0 Å². The zero-order chi connectivity index (χ0) is 19.9. The van der Waals surface area contributed by atoms with Gasteiger partial charge in [-0.3, -0.25) is 9.59 Å². The molecule has 0 saturated heterocycles. The van der Waals surface area contributed by atoms with Gasteiger partial charge in [0.2, 0.25) is 5.91 Å². The van der Waals surface area contributed by atoms with E-state index in [2.05, 4.69) is 10.6 Å². The first-order valence-electron chi connectivity index (χ1n) is 8.98. The molecule has 0 aliphatic carbocycles. The summed E-state index contributed by atoms with van der Waals surface area (Å²) in [4.78, 5) is 24.4. The number of nitrogens with one attached hydrogen (secondary N) is 2. The van der Waals surface area contributed by atoms with E-state index in [0.717, 1.165) is 16.7 Å². The fourth-order valence-electron chi connectivity index (χ4n) is 2.84. The number of halogens is 1. The van der Waals surface area contributed by atoms with E-state index in [1.807, 2.05) is 37.3 Å². The van der Waals surface area contributed by atoms with E-state index in [-0.39, 0.29) is 17.4 Å². The Morgan fingerprint density at radius 2 is 1.71 bits per heavy atom. The average Bonchev–Trinajstić information content (AvgIpc) is 2.68. The molecule has 0 spiro atoms. The molecular formula is C23H21FN2O2. The summed E-state index contributed by atoms with van der Waals surface area (Å²) in [6.07, 6.45) is 0.322. The first-order chi connectivity index (χ1) is 13.5. The van der Waals surface area contributed by atoms with Gasteiger partial charge in [-0.05, 0) is 53.9 Å². The summed E-state index contributed by atoms with van der Waals surface area (Å²) in [7, 11) is 0. The SMILES string of the molecule is Cc1ccccc1CC(=O)NCc1cccc(NC(=O)c2cccc(F)c2)c1. The van der Waals surface area contributed by atoms with Gasteiger partial charge in [0, 0.05) is 17.8 Å². The van der Waals surface area contributed by atoms with Crippen LogP contribution in [0.3, 0.4) is 0 Å². The summed E-state index contributed by atoms with van der Waals surface area (Å²) in [6.45, 7) is 2.34. The van der Waals surface area contributed by atoms with Crippen LogP contribution in [-0.4, -0.2) is 11.8 Å². The molecule has 3 aromatic rings. The summed E-state index contributed by atoms with van der Waals surface area (Å²) in [5.74, 6) is -0.915. The molecule has 0 fully saturated rings. The van der Waals surface area contributed by atoms with Gasteiger partial charge < -0.3 is 10.6 Å². The van der Waals surface area contributed by atoms with E-state index in [0.29, 0.717) is 18.7 Å². The zero-order valence-electron chi connectivity index (χ0n) is 15.5. The van der Waals surface area contributed by atoms with E-state index < -0.39 is 5.82 Å². The average molecular weight is 376 g/mol. The molecular weight excluding hydrogens is 355 g/mol. The van der Waals surface area contributed by atoms with Crippen molar-refractivity contribution in [1.82, 2.24) is 5.32 Å². The minimum Gasteiger partial charge on any atom is -0.352 e. The fourth-order valence-corrected chi connectivity index (χ4v) is 2.84. The molecule has 4 nitrogen and oxygen atoms in total. The van der Waals surface area contributed by atoms with Gasteiger partial charge in [-0.2, -0.15) is 0 Å². The van der Waals surface area contributed by atoms with Crippen molar-refractivity contribution < 1.29 is 14.0 Å². The van der Waals surface area contributed by atoms with Crippen LogP contribution < -0.4 is 10.6 Å². The molecule has 0 aliphatic heterocycles. The van der Waals surface area contributed by atoms with Crippen molar-refractivity contribution in [2.24, 2.45) is 0 Å². The Balaban J connectivity index is 1.58. The van der Waals surface area contributed by atoms with Crippen molar-refractivity contribution in [2.45, 2.75) is 19.9 Å². The standard InChI is InChI=1S/C23H21FN2O2/c1-16-6-2-3-8-18(16)14-22(27)25-15-17-7-4-11-21(12-17)26-23(28)19-9-5-10-20(24)13-19/h2-13H,14-15H2,1H3,(H,25,27)(H,26,28). The van der Waals surface area contributed by atoms with Crippen LogP contribution >= 0.6 is 0 Å². The second kappa shape index (κ2) is 8.95. The number of carbonyl (C=O) groups excluding carboxylic acids is 2. The van der Waals surface area contributed by atoms with Crippen LogP contribution in [0.1, 0.15) is 27.0 Å². The van der Waals surface area contributed by atoms with Gasteiger partial charge in [0.25, 0.3) is 5.91 Å². The second-order valence-corrected chi connectivity index (χ2v) is 6.54. The van der Waals surface area contributed by atoms with Crippen molar-refractivity contribution in [1.29, 1.82) is 0 Å². The predicted octanol–water partition coefficient (Wildman–Crippen LogP) is 4.25. The van der Waals surface area contributed by atoms with Gasteiger partial charge in [0.05, 0.1) is 6.42 Å². The molecule has 0 aliphatic rings. The van der Waals surface area contributed by atoms with Gasteiger partial charge in [-0.1, -0.05) is 42.5 Å². The Bertz CT molecular complexity index is 1000. The molecule has 0 heterocycles. The highest BCUT2D eigenvalue weighted by Crippen LogP contribution is 2.13. The smallest absolute Gasteiger partial charge is 0.255 e. The molecule has 0 radical (unpaired) electrons. The van der Waals surface area contributed by atoms with Crippen molar-refractivity contribution in [3.63, 3.8) is 0 Å². The van der Waals surface area contributed by atoms with Gasteiger partial charge >= 0.3 is 0 Å². The molecule has 142 valence electrons. The van der Waals surface area contributed by atoms with Gasteiger partial charge in [0.1, 0.15) is 5.82 Å². The number of hydrogen-bond donors (Lipinski definition) is 2. The zero-order valence-corrected chi connectivity index (χ0v) is 15.5. The summed E-state index contributed by atoms with van der Waals surface area (Å²) < 4.78 is 13.3. The van der Waals surface area contributed by atoms with Crippen LogP contribution in [0.15, 0.2) is 72.8 Å². The highest BCUT2D eigenvalue weighted by molar-refractivity contribution is 6.04. The van der Waals surface area contributed by atoms with Crippen LogP contribution in [-0.2, 0) is 17.8 Å². The number of amides is 2. The molecule has 2 amide bonds. The Labute approximate surface area is 163 Å². The summed E-state index contributed by atoms with van der Waals surface area (Å²) in [5, 5.41) is 5.64. The van der Waals surface area contributed by atoms with Gasteiger partial charge in [-0.15, -0.1) is 0 Å². The van der Waals surface area contributed by atoms with E-state index in [9.17, 15) is 14.0 Å². The van der Waals surface area contributed by atoms with Gasteiger partial charge in [0.15, 0.2) is 0 Å². The number of benzene rings is 3. The van der Waals surface area contributed by atoms with E-state index in [1.54, 1.807) is 24.3 Å². The molecule has 2 N–H and O–H groups in total. The van der Waals surface area contributed by atoms with Gasteiger partial charge in [-0.25, -0.2) is 4.39 Å². The predicted molar refractivity (Wildman–Crippen MR) is 108 cm³/mol. The van der Waals surface area contributed by atoms with Crippen LogP contribution in [0.4, 0.5) is 10.1 Å². The summed E-state index contributed by atoms with van der Waals surface area (Å²) >= 11 is 0. The molecule has 0 bridgehead atoms. The molecule has 0 atom stereocenters. The molecule has 0 aromatic heterocycles. The van der Waals surface area contributed by atoms with Crippen molar-refractivity contribution in [3.8, 4) is 0 Å². The fraction of sp³-hybridized carbons (Fsp3) is 0.130. The summed E-state index contributed by atoms with van der Waals surface area (Å²) in [5.41, 5.74) is 3.77. The minimum atomic E-state index is -0.460. The van der Waals surface area contributed by atoms with Crippen molar-refractivity contribution >= 4 is 17.5 Å². The lowest BCUT2D eigenvalue weighted by Gasteiger charge is -2.10. The minimum absolute atomic E-state index is 0.0662. The van der Waals surface area contributed by atoms with Crippen LogP contribution in [0.25, 0.3) is 0 Å².